The second-order valence-corrected chi connectivity index (χ2v) is 6.16. The van der Waals surface area contributed by atoms with Crippen LogP contribution in [0.4, 0.5) is 11.5 Å². The van der Waals surface area contributed by atoms with Crippen molar-refractivity contribution in [3.05, 3.63) is 47.7 Å². The van der Waals surface area contributed by atoms with Crippen molar-refractivity contribution < 1.29 is 9.53 Å². The Morgan fingerprint density at radius 1 is 1.17 bits per heavy atom. The van der Waals surface area contributed by atoms with Crippen molar-refractivity contribution >= 4 is 17.4 Å². The van der Waals surface area contributed by atoms with Gasteiger partial charge in [-0.05, 0) is 49.9 Å². The van der Waals surface area contributed by atoms with Gasteiger partial charge in [-0.1, -0.05) is 18.2 Å². The largest absolute Gasteiger partial charge is 0.483 e. The van der Waals surface area contributed by atoms with E-state index in [2.05, 4.69) is 15.2 Å². The minimum absolute atomic E-state index is 0.0143. The molecule has 1 aromatic heterocycles. The summed E-state index contributed by atoms with van der Waals surface area (Å²) in [6, 6.07) is 9.76. The molecule has 0 unspecified atom stereocenters. The summed E-state index contributed by atoms with van der Waals surface area (Å²) in [5, 5.41) is 2.82. The number of hydrogen-bond acceptors (Lipinski definition) is 4. The molecule has 0 atom stereocenters. The fourth-order valence-electron chi connectivity index (χ4n) is 2.95. The molecule has 0 saturated carbocycles. The van der Waals surface area contributed by atoms with Gasteiger partial charge in [0.25, 0.3) is 5.91 Å². The predicted molar refractivity (Wildman–Crippen MR) is 95.7 cm³/mol. The number of amides is 1. The molecule has 0 radical (unpaired) electrons. The number of hydrogen-bond donors (Lipinski definition) is 1. The third kappa shape index (κ3) is 3.85. The molecule has 5 heteroatoms. The quantitative estimate of drug-likeness (QED) is 0.916. The summed E-state index contributed by atoms with van der Waals surface area (Å²) in [5.41, 5.74) is 2.74. The van der Waals surface area contributed by atoms with Gasteiger partial charge in [-0.3, -0.25) is 4.79 Å². The molecule has 1 aromatic carbocycles. The molecule has 1 fully saturated rings. The van der Waals surface area contributed by atoms with Gasteiger partial charge in [0.2, 0.25) is 0 Å². The average Bonchev–Trinajstić information content (AvgIpc) is 3.09. The Balaban J connectivity index is 1.55. The van der Waals surface area contributed by atoms with Crippen LogP contribution in [0, 0.1) is 13.8 Å². The Bertz CT molecular complexity index is 687. The molecule has 1 aliphatic rings. The van der Waals surface area contributed by atoms with E-state index >= 15 is 0 Å². The number of nitrogens with one attached hydrogen (secondary N) is 1. The van der Waals surface area contributed by atoms with Gasteiger partial charge < -0.3 is 15.0 Å². The lowest BCUT2D eigenvalue weighted by molar-refractivity contribution is -0.118. The third-order valence-corrected chi connectivity index (χ3v) is 4.22. The average molecular weight is 325 g/mol. The van der Waals surface area contributed by atoms with Crippen LogP contribution < -0.4 is 15.0 Å². The van der Waals surface area contributed by atoms with Crippen molar-refractivity contribution in [2.45, 2.75) is 26.7 Å². The van der Waals surface area contributed by atoms with Crippen LogP contribution >= 0.6 is 0 Å². The van der Waals surface area contributed by atoms with Crippen LogP contribution in [0.15, 0.2) is 36.5 Å². The smallest absolute Gasteiger partial charge is 0.262 e. The second kappa shape index (κ2) is 7.34. The lowest BCUT2D eigenvalue weighted by atomic mass is 10.1. The van der Waals surface area contributed by atoms with E-state index in [1.807, 2.05) is 44.2 Å². The third-order valence-electron chi connectivity index (χ3n) is 4.22. The van der Waals surface area contributed by atoms with Crippen molar-refractivity contribution in [1.82, 2.24) is 4.98 Å². The molecule has 126 valence electrons. The number of carbonyl (C=O) groups excluding carboxylic acids is 1. The molecule has 0 spiro atoms. The number of aryl methyl sites for hydroxylation is 2. The molecule has 0 aliphatic carbocycles. The van der Waals surface area contributed by atoms with E-state index in [0.29, 0.717) is 5.69 Å². The van der Waals surface area contributed by atoms with Gasteiger partial charge >= 0.3 is 0 Å². The second-order valence-electron chi connectivity index (χ2n) is 6.16. The molecule has 0 bridgehead atoms. The Kier molecular flexibility index (Phi) is 4.99. The van der Waals surface area contributed by atoms with Gasteiger partial charge in [0.1, 0.15) is 11.6 Å². The zero-order valence-electron chi connectivity index (χ0n) is 14.2. The van der Waals surface area contributed by atoms with E-state index in [4.69, 9.17) is 4.74 Å². The molecule has 1 saturated heterocycles. The Morgan fingerprint density at radius 3 is 2.50 bits per heavy atom. The zero-order chi connectivity index (χ0) is 16.9. The summed E-state index contributed by atoms with van der Waals surface area (Å²) in [7, 11) is 0. The predicted octanol–water partition coefficient (Wildman–Crippen LogP) is 3.32. The first kappa shape index (κ1) is 16.3. The molecule has 1 N–H and O–H groups in total. The van der Waals surface area contributed by atoms with E-state index in [-0.39, 0.29) is 12.5 Å². The van der Waals surface area contributed by atoms with Gasteiger partial charge in [0.05, 0.1) is 11.9 Å². The van der Waals surface area contributed by atoms with Crippen LogP contribution in [-0.4, -0.2) is 30.6 Å². The number of anilines is 2. The monoisotopic (exact) mass is 325 g/mol. The van der Waals surface area contributed by atoms with E-state index < -0.39 is 0 Å². The number of aromatic nitrogens is 1. The Morgan fingerprint density at radius 2 is 1.88 bits per heavy atom. The summed E-state index contributed by atoms with van der Waals surface area (Å²) in [6.07, 6.45) is 4.14. The summed E-state index contributed by atoms with van der Waals surface area (Å²) in [4.78, 5) is 18.8. The molecule has 5 nitrogen and oxygen atoms in total. The number of para-hydroxylation sites is 1. The van der Waals surface area contributed by atoms with Crippen LogP contribution in [0.25, 0.3) is 0 Å². The van der Waals surface area contributed by atoms with Gasteiger partial charge in [0.15, 0.2) is 6.61 Å². The summed E-state index contributed by atoms with van der Waals surface area (Å²) < 4.78 is 5.67. The van der Waals surface area contributed by atoms with Crippen LogP contribution in [0.2, 0.25) is 0 Å². The normalized spacial score (nSPS) is 13.8. The molecule has 1 aliphatic heterocycles. The van der Waals surface area contributed by atoms with Crippen molar-refractivity contribution in [2.24, 2.45) is 0 Å². The van der Waals surface area contributed by atoms with Crippen molar-refractivity contribution in [2.75, 3.05) is 29.9 Å². The van der Waals surface area contributed by atoms with Crippen molar-refractivity contribution in [3.8, 4) is 5.75 Å². The highest BCUT2D eigenvalue weighted by Crippen LogP contribution is 2.22. The van der Waals surface area contributed by atoms with Crippen molar-refractivity contribution in [3.63, 3.8) is 0 Å². The van der Waals surface area contributed by atoms with E-state index in [9.17, 15) is 4.79 Å². The molecule has 1 amide bonds. The van der Waals surface area contributed by atoms with Gasteiger partial charge in [-0.15, -0.1) is 0 Å². The summed E-state index contributed by atoms with van der Waals surface area (Å²) in [5.74, 6) is 1.56. The fourth-order valence-corrected chi connectivity index (χ4v) is 2.95. The van der Waals surface area contributed by atoms with Gasteiger partial charge in [0, 0.05) is 13.1 Å². The number of pyridine rings is 1. The van der Waals surface area contributed by atoms with Gasteiger partial charge in [-0.2, -0.15) is 0 Å². The first-order valence-corrected chi connectivity index (χ1v) is 8.33. The van der Waals surface area contributed by atoms with E-state index in [0.717, 1.165) is 35.8 Å². The Hall–Kier alpha value is -2.56. The first-order chi connectivity index (χ1) is 11.6. The van der Waals surface area contributed by atoms with E-state index in [1.165, 1.54) is 12.8 Å². The summed E-state index contributed by atoms with van der Waals surface area (Å²) >= 11 is 0. The highest BCUT2D eigenvalue weighted by Gasteiger charge is 2.13. The maximum absolute atomic E-state index is 12.1. The minimum Gasteiger partial charge on any atom is -0.483 e. The van der Waals surface area contributed by atoms with Crippen LogP contribution in [0.3, 0.4) is 0 Å². The molecular formula is C19H23N3O2. The minimum atomic E-state index is -0.187. The lowest BCUT2D eigenvalue weighted by Crippen LogP contribution is -2.21. The van der Waals surface area contributed by atoms with E-state index in [1.54, 1.807) is 6.20 Å². The highest BCUT2D eigenvalue weighted by atomic mass is 16.5. The highest BCUT2D eigenvalue weighted by molar-refractivity contribution is 5.91. The standard InChI is InChI=1S/C19H23N3O2/c1-14-6-5-7-15(2)19(14)24-13-18(23)21-16-8-9-17(20-12-16)22-10-3-4-11-22/h5-9,12H,3-4,10-11,13H2,1-2H3,(H,21,23). The lowest BCUT2D eigenvalue weighted by Gasteiger charge is -2.16. The van der Waals surface area contributed by atoms with Crippen LogP contribution in [-0.2, 0) is 4.79 Å². The number of rotatable bonds is 5. The van der Waals surface area contributed by atoms with Gasteiger partial charge in [-0.25, -0.2) is 4.98 Å². The van der Waals surface area contributed by atoms with Crippen LogP contribution in [0.1, 0.15) is 24.0 Å². The molecule has 2 aromatic rings. The SMILES string of the molecule is Cc1cccc(C)c1OCC(=O)Nc1ccc(N2CCCC2)nc1. The number of benzene rings is 1. The zero-order valence-corrected chi connectivity index (χ0v) is 14.2. The molecular weight excluding hydrogens is 302 g/mol. The topological polar surface area (TPSA) is 54.5 Å². The Labute approximate surface area is 142 Å². The number of ether oxygens (including phenoxy) is 1. The van der Waals surface area contributed by atoms with Crippen molar-refractivity contribution in [1.29, 1.82) is 0 Å². The summed E-state index contributed by atoms with van der Waals surface area (Å²) in [6.45, 7) is 6.05. The maximum atomic E-state index is 12.1. The molecule has 24 heavy (non-hydrogen) atoms. The van der Waals surface area contributed by atoms with Crippen LogP contribution in [0.5, 0.6) is 5.75 Å². The fraction of sp³-hybridized carbons (Fsp3) is 0.368. The number of nitrogens with zero attached hydrogens (tertiary/aromatic N) is 2. The number of carbonyl (C=O) groups is 1. The molecule has 3 rings (SSSR count). The first-order valence-electron chi connectivity index (χ1n) is 8.33. The maximum Gasteiger partial charge on any atom is 0.262 e. The molecule has 2 heterocycles.